The van der Waals surface area contributed by atoms with E-state index in [1.54, 1.807) is 6.07 Å². The normalized spacial score (nSPS) is 24.7. The average Bonchev–Trinajstić information content (AvgIpc) is 2.23. The number of rotatable bonds is 1. The van der Waals surface area contributed by atoms with Crippen molar-refractivity contribution in [3.05, 3.63) is 39.4 Å². The number of non-ortho nitro benzene ring substituents is 1. The average molecular weight is 208 g/mol. The lowest BCUT2D eigenvalue weighted by Gasteiger charge is -2.26. The van der Waals surface area contributed by atoms with Gasteiger partial charge in [-0.25, -0.2) is 0 Å². The number of nitro groups is 1. The summed E-state index contributed by atoms with van der Waals surface area (Å²) in [5.41, 5.74) is 7.51. The number of aryl methyl sites for hydroxylation is 1. The van der Waals surface area contributed by atoms with E-state index in [1.807, 2.05) is 0 Å². The highest BCUT2D eigenvalue weighted by Crippen LogP contribution is 2.30. The number of nitrogens with zero attached hydrogens (tertiary/aromatic N) is 1. The molecule has 5 nitrogen and oxygen atoms in total. The Balaban J connectivity index is 2.45. The minimum atomic E-state index is -0.598. The van der Waals surface area contributed by atoms with Gasteiger partial charge < -0.3 is 10.8 Å². The van der Waals surface area contributed by atoms with E-state index in [1.165, 1.54) is 12.1 Å². The number of aliphatic hydroxyl groups excluding tert-OH is 1. The molecule has 2 atom stereocenters. The molecule has 15 heavy (non-hydrogen) atoms. The second kappa shape index (κ2) is 3.60. The number of nitro benzene ring substituents is 1. The summed E-state index contributed by atoms with van der Waals surface area (Å²) in [5.74, 6) is 0. The molecule has 1 aliphatic carbocycles. The summed E-state index contributed by atoms with van der Waals surface area (Å²) < 4.78 is 0. The van der Waals surface area contributed by atoms with Crippen molar-refractivity contribution in [2.24, 2.45) is 5.73 Å². The van der Waals surface area contributed by atoms with Gasteiger partial charge in [0.25, 0.3) is 5.69 Å². The molecule has 0 amide bonds. The molecular weight excluding hydrogens is 196 g/mol. The van der Waals surface area contributed by atoms with Crippen molar-refractivity contribution >= 4 is 5.69 Å². The van der Waals surface area contributed by atoms with Crippen molar-refractivity contribution in [1.29, 1.82) is 0 Å². The standard InChI is InChI=1S/C10H12N2O3/c11-10-8-5-7(12(14)15)3-1-6(8)2-4-9(10)13/h1,3,5,9-10,13H,2,4,11H2. The fraction of sp³-hybridized carbons (Fsp3) is 0.400. The lowest BCUT2D eigenvalue weighted by molar-refractivity contribution is -0.385. The zero-order valence-corrected chi connectivity index (χ0v) is 8.09. The van der Waals surface area contributed by atoms with Crippen molar-refractivity contribution in [2.75, 3.05) is 0 Å². The van der Waals surface area contributed by atoms with Crippen LogP contribution in [0.25, 0.3) is 0 Å². The van der Waals surface area contributed by atoms with Gasteiger partial charge in [0.2, 0.25) is 0 Å². The van der Waals surface area contributed by atoms with E-state index in [-0.39, 0.29) is 5.69 Å². The lowest BCUT2D eigenvalue weighted by atomic mass is 9.86. The third-order valence-electron chi connectivity index (χ3n) is 2.82. The van der Waals surface area contributed by atoms with Crippen molar-refractivity contribution in [3.8, 4) is 0 Å². The van der Waals surface area contributed by atoms with Crippen molar-refractivity contribution in [2.45, 2.75) is 25.0 Å². The number of aliphatic hydroxyl groups is 1. The van der Waals surface area contributed by atoms with Crippen LogP contribution in [0.2, 0.25) is 0 Å². The van der Waals surface area contributed by atoms with Crippen LogP contribution in [0.3, 0.4) is 0 Å². The van der Waals surface area contributed by atoms with Crippen LogP contribution in [-0.2, 0) is 6.42 Å². The highest BCUT2D eigenvalue weighted by molar-refractivity contribution is 5.43. The molecule has 1 aromatic rings. The summed E-state index contributed by atoms with van der Waals surface area (Å²) in [7, 11) is 0. The van der Waals surface area contributed by atoms with Crippen molar-refractivity contribution in [1.82, 2.24) is 0 Å². The Labute approximate surface area is 86.7 Å². The summed E-state index contributed by atoms with van der Waals surface area (Å²) >= 11 is 0. The van der Waals surface area contributed by atoms with E-state index in [4.69, 9.17) is 5.73 Å². The first-order valence-corrected chi connectivity index (χ1v) is 4.80. The molecule has 1 aliphatic rings. The number of benzene rings is 1. The van der Waals surface area contributed by atoms with Crippen LogP contribution in [-0.4, -0.2) is 16.1 Å². The molecule has 80 valence electrons. The summed E-state index contributed by atoms with van der Waals surface area (Å²) in [5, 5.41) is 20.1. The van der Waals surface area contributed by atoms with Gasteiger partial charge in [-0.1, -0.05) is 6.07 Å². The fourth-order valence-electron chi connectivity index (χ4n) is 1.92. The summed E-state index contributed by atoms with van der Waals surface area (Å²) in [6.07, 6.45) is 0.744. The zero-order valence-electron chi connectivity index (χ0n) is 8.09. The van der Waals surface area contributed by atoms with Crippen LogP contribution in [0.1, 0.15) is 23.6 Å². The lowest BCUT2D eigenvalue weighted by Crippen LogP contribution is -2.31. The molecular formula is C10H12N2O3. The molecule has 0 spiro atoms. The second-order valence-electron chi connectivity index (χ2n) is 3.77. The maximum absolute atomic E-state index is 10.6. The quantitative estimate of drug-likeness (QED) is 0.530. The van der Waals surface area contributed by atoms with Gasteiger partial charge in [0.05, 0.1) is 17.1 Å². The van der Waals surface area contributed by atoms with Gasteiger partial charge in [0, 0.05) is 12.1 Å². The Hall–Kier alpha value is -1.46. The van der Waals surface area contributed by atoms with Gasteiger partial charge in [-0.3, -0.25) is 10.1 Å². The smallest absolute Gasteiger partial charge is 0.269 e. The van der Waals surface area contributed by atoms with E-state index in [2.05, 4.69) is 0 Å². The van der Waals surface area contributed by atoms with Crippen LogP contribution in [0.15, 0.2) is 18.2 Å². The maximum atomic E-state index is 10.6. The van der Waals surface area contributed by atoms with Crippen LogP contribution in [0, 0.1) is 10.1 Å². The van der Waals surface area contributed by atoms with E-state index >= 15 is 0 Å². The van der Waals surface area contributed by atoms with Crippen LogP contribution >= 0.6 is 0 Å². The molecule has 0 saturated carbocycles. The first-order valence-electron chi connectivity index (χ1n) is 4.80. The second-order valence-corrected chi connectivity index (χ2v) is 3.77. The molecule has 5 heteroatoms. The van der Waals surface area contributed by atoms with Gasteiger partial charge >= 0.3 is 0 Å². The van der Waals surface area contributed by atoms with Gasteiger partial charge in [-0.2, -0.15) is 0 Å². The minimum Gasteiger partial charge on any atom is -0.391 e. The molecule has 0 bridgehead atoms. The Morgan fingerprint density at radius 2 is 2.27 bits per heavy atom. The molecule has 0 heterocycles. The van der Waals surface area contributed by atoms with E-state index < -0.39 is 17.1 Å². The number of nitrogens with two attached hydrogens (primary N) is 1. The summed E-state index contributed by atoms with van der Waals surface area (Å²) in [4.78, 5) is 10.1. The summed E-state index contributed by atoms with van der Waals surface area (Å²) in [6, 6.07) is 4.15. The van der Waals surface area contributed by atoms with Crippen LogP contribution in [0.5, 0.6) is 0 Å². The van der Waals surface area contributed by atoms with Gasteiger partial charge in [0.15, 0.2) is 0 Å². The highest BCUT2D eigenvalue weighted by Gasteiger charge is 2.26. The Morgan fingerprint density at radius 3 is 2.93 bits per heavy atom. The van der Waals surface area contributed by atoms with Gasteiger partial charge in [0.1, 0.15) is 0 Å². The molecule has 3 N–H and O–H groups in total. The number of hydrogen-bond donors (Lipinski definition) is 2. The zero-order chi connectivity index (χ0) is 11.0. The highest BCUT2D eigenvalue weighted by atomic mass is 16.6. The molecule has 2 rings (SSSR count). The SMILES string of the molecule is NC1c2cc([N+](=O)[O-])ccc2CCC1O. The molecule has 0 fully saturated rings. The molecule has 0 aliphatic heterocycles. The Morgan fingerprint density at radius 1 is 1.53 bits per heavy atom. The first kappa shape index (κ1) is 10.1. The third kappa shape index (κ3) is 1.71. The van der Waals surface area contributed by atoms with Gasteiger partial charge in [-0.05, 0) is 24.0 Å². The van der Waals surface area contributed by atoms with E-state index in [9.17, 15) is 15.2 Å². The molecule has 0 aromatic heterocycles. The number of hydrogen-bond acceptors (Lipinski definition) is 4. The topological polar surface area (TPSA) is 89.4 Å². The monoisotopic (exact) mass is 208 g/mol. The largest absolute Gasteiger partial charge is 0.391 e. The van der Waals surface area contributed by atoms with E-state index in [0.29, 0.717) is 12.0 Å². The molecule has 2 unspecified atom stereocenters. The fourth-order valence-corrected chi connectivity index (χ4v) is 1.92. The molecule has 0 radical (unpaired) electrons. The van der Waals surface area contributed by atoms with Crippen LogP contribution < -0.4 is 5.73 Å². The molecule has 1 aromatic carbocycles. The van der Waals surface area contributed by atoms with Crippen molar-refractivity contribution in [3.63, 3.8) is 0 Å². The van der Waals surface area contributed by atoms with Crippen molar-refractivity contribution < 1.29 is 10.0 Å². The Bertz CT molecular complexity index is 406. The van der Waals surface area contributed by atoms with E-state index in [0.717, 1.165) is 12.0 Å². The third-order valence-corrected chi connectivity index (χ3v) is 2.82. The minimum absolute atomic E-state index is 0.0262. The van der Waals surface area contributed by atoms with Gasteiger partial charge in [-0.15, -0.1) is 0 Å². The number of fused-ring (bicyclic) bond motifs is 1. The Kier molecular flexibility index (Phi) is 2.42. The predicted octanol–water partition coefficient (Wildman–Crippen LogP) is 0.902. The van der Waals surface area contributed by atoms with Crippen LogP contribution in [0.4, 0.5) is 5.69 Å². The first-order chi connectivity index (χ1) is 7.09. The summed E-state index contributed by atoms with van der Waals surface area (Å²) in [6.45, 7) is 0. The predicted molar refractivity (Wildman–Crippen MR) is 54.4 cm³/mol. The molecule has 0 saturated heterocycles. The maximum Gasteiger partial charge on any atom is 0.269 e.